The van der Waals surface area contributed by atoms with Crippen molar-refractivity contribution in [1.82, 2.24) is 14.8 Å². The average molecular weight is 352 g/mol. The van der Waals surface area contributed by atoms with Gasteiger partial charge in [0.25, 0.3) is 5.91 Å². The third-order valence-electron chi connectivity index (χ3n) is 3.49. The van der Waals surface area contributed by atoms with Gasteiger partial charge in [0.15, 0.2) is 0 Å². The van der Waals surface area contributed by atoms with Crippen molar-refractivity contribution < 1.29 is 19.4 Å². The van der Waals surface area contributed by atoms with E-state index in [1.54, 1.807) is 35.1 Å². The van der Waals surface area contributed by atoms with Crippen LogP contribution in [0, 0.1) is 0 Å². The Morgan fingerprint density at radius 2 is 2.00 bits per heavy atom. The summed E-state index contributed by atoms with van der Waals surface area (Å²) in [6.45, 7) is 1.04. The number of rotatable bonds is 7. The molecule has 0 saturated carbocycles. The predicted octanol–water partition coefficient (Wildman–Crippen LogP) is 2.31. The molecule has 0 bridgehead atoms. The van der Waals surface area contributed by atoms with E-state index in [1.807, 2.05) is 12.3 Å². The molecule has 0 aliphatic rings. The fourth-order valence-corrected chi connectivity index (χ4v) is 2.24. The highest BCUT2D eigenvalue weighted by molar-refractivity contribution is 6.05. The molecule has 0 spiro atoms. The van der Waals surface area contributed by atoms with Crippen LogP contribution in [0.25, 0.3) is 0 Å². The summed E-state index contributed by atoms with van der Waals surface area (Å²) in [5, 5.41) is 15.8. The van der Waals surface area contributed by atoms with Crippen LogP contribution in [0.15, 0.2) is 61.2 Å². The second-order valence-electron chi connectivity index (χ2n) is 5.37. The smallest absolute Gasteiger partial charge is 0.337 e. The van der Waals surface area contributed by atoms with Gasteiger partial charge in [-0.05, 0) is 24.3 Å². The standard InChI is InChI=1S/C18H16N4O4/c23-17(13-9-14(18(24)25)12-19-11-13)21-15-3-1-4-16(10-15)26-8-7-22-6-2-5-20-22/h1-6,9-12H,7-8H2,(H,21,23)(H,24,25). The highest BCUT2D eigenvalue weighted by Crippen LogP contribution is 2.18. The first-order valence-corrected chi connectivity index (χ1v) is 7.82. The molecular weight excluding hydrogens is 336 g/mol. The number of hydrogen-bond donors (Lipinski definition) is 2. The highest BCUT2D eigenvalue weighted by Gasteiger charge is 2.11. The van der Waals surface area contributed by atoms with Crippen LogP contribution in [0.2, 0.25) is 0 Å². The Hall–Kier alpha value is -3.68. The van der Waals surface area contributed by atoms with Crippen molar-refractivity contribution in [1.29, 1.82) is 0 Å². The second kappa shape index (κ2) is 7.93. The predicted molar refractivity (Wildman–Crippen MR) is 93.3 cm³/mol. The van der Waals surface area contributed by atoms with E-state index in [9.17, 15) is 9.59 Å². The molecule has 1 aromatic carbocycles. The second-order valence-corrected chi connectivity index (χ2v) is 5.37. The number of carboxylic acid groups (broad SMARTS) is 1. The lowest BCUT2D eigenvalue weighted by atomic mass is 10.2. The van der Waals surface area contributed by atoms with Crippen LogP contribution in [0.4, 0.5) is 5.69 Å². The number of amides is 1. The van der Waals surface area contributed by atoms with E-state index in [0.29, 0.717) is 24.6 Å². The summed E-state index contributed by atoms with van der Waals surface area (Å²) in [4.78, 5) is 27.0. The van der Waals surface area contributed by atoms with Crippen molar-refractivity contribution in [3.63, 3.8) is 0 Å². The topological polar surface area (TPSA) is 106 Å². The molecule has 26 heavy (non-hydrogen) atoms. The van der Waals surface area contributed by atoms with E-state index in [-0.39, 0.29) is 11.1 Å². The minimum absolute atomic E-state index is 0.0478. The Morgan fingerprint density at radius 3 is 2.77 bits per heavy atom. The monoisotopic (exact) mass is 352 g/mol. The number of anilines is 1. The lowest BCUT2D eigenvalue weighted by molar-refractivity contribution is 0.0696. The maximum atomic E-state index is 12.3. The maximum absolute atomic E-state index is 12.3. The molecule has 2 N–H and O–H groups in total. The lowest BCUT2D eigenvalue weighted by Crippen LogP contribution is -2.13. The number of hydrogen-bond acceptors (Lipinski definition) is 5. The first-order valence-electron chi connectivity index (χ1n) is 7.82. The molecule has 0 atom stereocenters. The van der Waals surface area contributed by atoms with Crippen molar-refractivity contribution in [2.45, 2.75) is 6.54 Å². The van der Waals surface area contributed by atoms with Gasteiger partial charge in [-0.3, -0.25) is 14.5 Å². The Bertz CT molecular complexity index is 909. The lowest BCUT2D eigenvalue weighted by Gasteiger charge is -2.09. The van der Waals surface area contributed by atoms with E-state index in [4.69, 9.17) is 9.84 Å². The Balaban J connectivity index is 1.61. The van der Waals surface area contributed by atoms with Gasteiger partial charge in [0.05, 0.1) is 17.7 Å². The van der Waals surface area contributed by atoms with Gasteiger partial charge >= 0.3 is 5.97 Å². The molecule has 2 aromatic heterocycles. The SMILES string of the molecule is O=C(O)c1cncc(C(=O)Nc2cccc(OCCn3cccn3)c2)c1. The minimum atomic E-state index is -1.14. The van der Waals surface area contributed by atoms with Gasteiger partial charge in [-0.25, -0.2) is 4.79 Å². The van der Waals surface area contributed by atoms with Crippen molar-refractivity contribution in [2.24, 2.45) is 0 Å². The maximum Gasteiger partial charge on any atom is 0.337 e. The third kappa shape index (κ3) is 4.44. The molecule has 8 heteroatoms. The van der Waals surface area contributed by atoms with Crippen LogP contribution in [0.5, 0.6) is 5.75 Å². The summed E-state index contributed by atoms with van der Waals surface area (Å²) in [6, 6.07) is 10.1. The zero-order chi connectivity index (χ0) is 18.4. The van der Waals surface area contributed by atoms with Gasteiger partial charge in [0.1, 0.15) is 12.4 Å². The summed E-state index contributed by atoms with van der Waals surface area (Å²) in [5.74, 6) is -0.985. The summed E-state index contributed by atoms with van der Waals surface area (Å²) >= 11 is 0. The first-order chi connectivity index (χ1) is 12.6. The van der Waals surface area contributed by atoms with Crippen molar-refractivity contribution >= 4 is 17.6 Å². The molecule has 0 unspecified atom stereocenters. The van der Waals surface area contributed by atoms with Crippen LogP contribution in [-0.2, 0) is 6.54 Å². The fraction of sp³-hybridized carbons (Fsp3) is 0.111. The summed E-state index contributed by atoms with van der Waals surface area (Å²) in [7, 11) is 0. The van der Waals surface area contributed by atoms with E-state index in [1.165, 1.54) is 18.5 Å². The van der Waals surface area contributed by atoms with Crippen molar-refractivity contribution in [3.05, 3.63) is 72.3 Å². The highest BCUT2D eigenvalue weighted by atomic mass is 16.5. The molecule has 1 amide bonds. The number of aromatic nitrogens is 3. The molecule has 0 fully saturated rings. The largest absolute Gasteiger partial charge is 0.492 e. The molecular formula is C18H16N4O4. The van der Waals surface area contributed by atoms with Crippen molar-refractivity contribution in [2.75, 3.05) is 11.9 Å². The van der Waals surface area contributed by atoms with Gasteiger partial charge in [-0.15, -0.1) is 0 Å². The van der Waals surface area contributed by atoms with E-state index in [0.717, 1.165) is 0 Å². The van der Waals surface area contributed by atoms with E-state index < -0.39 is 11.9 Å². The summed E-state index contributed by atoms with van der Waals surface area (Å²) < 4.78 is 7.41. The number of carbonyl (C=O) groups is 2. The number of carbonyl (C=O) groups excluding carboxylic acids is 1. The van der Waals surface area contributed by atoms with E-state index in [2.05, 4.69) is 15.4 Å². The quantitative estimate of drug-likeness (QED) is 0.676. The van der Waals surface area contributed by atoms with Crippen LogP contribution >= 0.6 is 0 Å². The van der Waals surface area contributed by atoms with Gasteiger partial charge in [-0.2, -0.15) is 5.10 Å². The fourth-order valence-electron chi connectivity index (χ4n) is 2.24. The molecule has 0 saturated heterocycles. The first kappa shape index (κ1) is 17.2. The van der Waals surface area contributed by atoms with Gasteiger partial charge < -0.3 is 15.2 Å². The molecule has 2 heterocycles. The molecule has 0 aliphatic carbocycles. The van der Waals surface area contributed by atoms with Crippen LogP contribution < -0.4 is 10.1 Å². The van der Waals surface area contributed by atoms with Gasteiger partial charge in [0, 0.05) is 36.5 Å². The molecule has 3 aromatic rings. The number of nitrogens with zero attached hydrogens (tertiary/aromatic N) is 3. The Labute approximate surface area is 149 Å². The molecule has 0 radical (unpaired) electrons. The van der Waals surface area contributed by atoms with Gasteiger partial charge in [0.2, 0.25) is 0 Å². The van der Waals surface area contributed by atoms with Crippen molar-refractivity contribution in [3.8, 4) is 5.75 Å². The molecule has 8 nitrogen and oxygen atoms in total. The molecule has 0 aliphatic heterocycles. The molecule has 132 valence electrons. The Kier molecular flexibility index (Phi) is 5.23. The number of benzene rings is 1. The molecule has 3 rings (SSSR count). The van der Waals surface area contributed by atoms with Crippen LogP contribution in [0.1, 0.15) is 20.7 Å². The van der Waals surface area contributed by atoms with E-state index >= 15 is 0 Å². The normalized spacial score (nSPS) is 10.3. The zero-order valence-electron chi connectivity index (χ0n) is 13.7. The number of carboxylic acids is 1. The third-order valence-corrected chi connectivity index (χ3v) is 3.49. The summed E-state index contributed by atoms with van der Waals surface area (Å²) in [5.41, 5.74) is 0.649. The average Bonchev–Trinajstić information content (AvgIpc) is 3.15. The zero-order valence-corrected chi connectivity index (χ0v) is 13.7. The van der Waals surface area contributed by atoms with Crippen LogP contribution in [0.3, 0.4) is 0 Å². The number of pyridine rings is 1. The minimum Gasteiger partial charge on any atom is -0.492 e. The Morgan fingerprint density at radius 1 is 1.15 bits per heavy atom. The van der Waals surface area contributed by atoms with Gasteiger partial charge in [-0.1, -0.05) is 6.07 Å². The number of ether oxygens (including phenoxy) is 1. The number of nitrogens with one attached hydrogen (secondary N) is 1. The van der Waals surface area contributed by atoms with Crippen LogP contribution in [-0.4, -0.2) is 38.4 Å². The summed E-state index contributed by atoms with van der Waals surface area (Å²) in [6.07, 6.45) is 6.04. The number of aromatic carboxylic acids is 1.